The molecule has 0 unspecified atom stereocenters. The summed E-state index contributed by atoms with van der Waals surface area (Å²) in [6, 6.07) is 1.91. The Hall–Kier alpha value is -1.36. The summed E-state index contributed by atoms with van der Waals surface area (Å²) in [7, 11) is 0. The fourth-order valence-electron chi connectivity index (χ4n) is 1.49. The van der Waals surface area contributed by atoms with Crippen LogP contribution in [0, 0.1) is 6.92 Å². The second-order valence-corrected chi connectivity index (χ2v) is 4.62. The highest BCUT2D eigenvalue weighted by Gasteiger charge is 2.19. The number of amides is 2. The van der Waals surface area contributed by atoms with Crippen molar-refractivity contribution in [3.8, 4) is 0 Å². The van der Waals surface area contributed by atoms with Gasteiger partial charge in [0.2, 0.25) is 5.91 Å². The van der Waals surface area contributed by atoms with E-state index in [0.29, 0.717) is 13.1 Å². The molecule has 0 saturated heterocycles. The fourth-order valence-corrected chi connectivity index (χ4v) is 2.38. The lowest BCUT2D eigenvalue weighted by Gasteiger charge is -2.19. The maximum absolute atomic E-state index is 12.2. The van der Waals surface area contributed by atoms with E-state index < -0.39 is 0 Å². The molecular weight excluding hydrogens is 236 g/mol. The summed E-state index contributed by atoms with van der Waals surface area (Å²) in [5.74, 6) is -0.178. The molecule has 1 heterocycles. The largest absolute Gasteiger partial charge is 0.355 e. The third kappa shape index (κ3) is 3.56. The van der Waals surface area contributed by atoms with Crippen LogP contribution in [-0.2, 0) is 4.79 Å². The van der Waals surface area contributed by atoms with Crippen LogP contribution >= 0.6 is 11.3 Å². The lowest BCUT2D eigenvalue weighted by molar-refractivity contribution is -0.121. The Morgan fingerprint density at radius 2 is 2.12 bits per heavy atom. The Morgan fingerprint density at radius 3 is 2.59 bits per heavy atom. The summed E-state index contributed by atoms with van der Waals surface area (Å²) in [5, 5.41) is 4.59. The fraction of sp³-hybridized carbons (Fsp3) is 0.500. The van der Waals surface area contributed by atoms with Crippen molar-refractivity contribution >= 4 is 23.2 Å². The molecule has 5 heteroatoms. The summed E-state index contributed by atoms with van der Waals surface area (Å²) >= 11 is 1.42. The Morgan fingerprint density at radius 1 is 1.41 bits per heavy atom. The van der Waals surface area contributed by atoms with Gasteiger partial charge >= 0.3 is 0 Å². The van der Waals surface area contributed by atoms with Crippen molar-refractivity contribution in [3.63, 3.8) is 0 Å². The van der Waals surface area contributed by atoms with E-state index in [-0.39, 0.29) is 18.4 Å². The molecule has 4 nitrogen and oxygen atoms in total. The van der Waals surface area contributed by atoms with Crippen LogP contribution in [0.4, 0.5) is 0 Å². The minimum absolute atomic E-state index is 0.0637. The molecule has 0 aliphatic heterocycles. The van der Waals surface area contributed by atoms with Crippen LogP contribution in [-0.4, -0.2) is 36.3 Å². The van der Waals surface area contributed by atoms with Gasteiger partial charge in [0.1, 0.15) is 0 Å². The van der Waals surface area contributed by atoms with Crippen LogP contribution in [0.1, 0.15) is 29.1 Å². The second-order valence-electron chi connectivity index (χ2n) is 3.71. The number of nitrogens with zero attached hydrogens (tertiary/aromatic N) is 1. The van der Waals surface area contributed by atoms with Gasteiger partial charge in [-0.25, -0.2) is 0 Å². The number of hydrogen-bond donors (Lipinski definition) is 1. The average Bonchev–Trinajstić information content (AvgIpc) is 2.72. The van der Waals surface area contributed by atoms with Crippen LogP contribution in [0.3, 0.4) is 0 Å². The minimum Gasteiger partial charge on any atom is -0.355 e. The first-order valence-electron chi connectivity index (χ1n) is 5.70. The molecule has 0 fully saturated rings. The predicted molar refractivity (Wildman–Crippen MR) is 69.3 cm³/mol. The standard InChI is InChI=1S/C12H18N2O2S/c1-4-13-10(15)8-14(5-2)12(16)11-9(3)6-7-17-11/h6-7H,4-5,8H2,1-3H3,(H,13,15). The molecule has 0 bridgehead atoms. The Balaban J connectivity index is 2.71. The first-order valence-corrected chi connectivity index (χ1v) is 6.58. The molecule has 1 N–H and O–H groups in total. The molecule has 17 heavy (non-hydrogen) atoms. The molecule has 0 saturated carbocycles. The summed E-state index contributed by atoms with van der Waals surface area (Å²) in [6.07, 6.45) is 0. The van der Waals surface area contributed by atoms with Crippen molar-refractivity contribution < 1.29 is 9.59 Å². The van der Waals surface area contributed by atoms with Gasteiger partial charge in [-0.2, -0.15) is 0 Å². The quantitative estimate of drug-likeness (QED) is 0.868. The topological polar surface area (TPSA) is 49.4 Å². The third-order valence-corrected chi connectivity index (χ3v) is 3.44. The molecule has 2 amide bonds. The molecule has 94 valence electrons. The number of nitrogens with one attached hydrogen (secondary N) is 1. The lowest BCUT2D eigenvalue weighted by Crippen LogP contribution is -2.40. The number of carbonyl (C=O) groups excluding carboxylic acids is 2. The van der Waals surface area contributed by atoms with Gasteiger partial charge < -0.3 is 10.2 Å². The Labute approximate surface area is 106 Å². The van der Waals surface area contributed by atoms with Gasteiger partial charge in [0.05, 0.1) is 11.4 Å². The van der Waals surface area contributed by atoms with E-state index in [1.54, 1.807) is 4.90 Å². The van der Waals surface area contributed by atoms with Crippen molar-refractivity contribution in [1.82, 2.24) is 10.2 Å². The van der Waals surface area contributed by atoms with Crippen LogP contribution in [0.5, 0.6) is 0 Å². The van der Waals surface area contributed by atoms with E-state index in [9.17, 15) is 9.59 Å². The molecule has 0 atom stereocenters. The lowest BCUT2D eigenvalue weighted by atomic mass is 10.2. The van der Waals surface area contributed by atoms with Crippen molar-refractivity contribution in [2.75, 3.05) is 19.6 Å². The van der Waals surface area contributed by atoms with Crippen molar-refractivity contribution in [2.24, 2.45) is 0 Å². The molecule has 1 rings (SSSR count). The molecular formula is C12H18N2O2S. The van der Waals surface area contributed by atoms with Crippen LogP contribution in [0.2, 0.25) is 0 Å². The zero-order valence-electron chi connectivity index (χ0n) is 10.4. The summed E-state index contributed by atoms with van der Waals surface area (Å²) in [4.78, 5) is 25.9. The number of rotatable bonds is 5. The Kier molecular flexibility index (Phi) is 5.15. The highest BCUT2D eigenvalue weighted by Crippen LogP contribution is 2.17. The zero-order valence-corrected chi connectivity index (χ0v) is 11.3. The van der Waals surface area contributed by atoms with Gasteiger partial charge in [-0.15, -0.1) is 11.3 Å². The number of carbonyl (C=O) groups is 2. The maximum Gasteiger partial charge on any atom is 0.264 e. The first-order chi connectivity index (χ1) is 8.10. The second kappa shape index (κ2) is 6.39. The molecule has 1 aromatic heterocycles. The van der Waals surface area contributed by atoms with Gasteiger partial charge in [-0.3, -0.25) is 9.59 Å². The maximum atomic E-state index is 12.2. The monoisotopic (exact) mass is 254 g/mol. The number of hydrogen-bond acceptors (Lipinski definition) is 3. The van der Waals surface area contributed by atoms with Gasteiger partial charge in [0, 0.05) is 13.1 Å². The summed E-state index contributed by atoms with van der Waals surface area (Å²) < 4.78 is 0. The SMILES string of the molecule is CCNC(=O)CN(CC)C(=O)c1sccc1C. The van der Waals surface area contributed by atoms with E-state index >= 15 is 0 Å². The summed E-state index contributed by atoms with van der Waals surface area (Å²) in [6.45, 7) is 6.89. The first kappa shape index (κ1) is 13.7. The van der Waals surface area contributed by atoms with Crippen LogP contribution in [0.25, 0.3) is 0 Å². The number of thiophene rings is 1. The summed E-state index contributed by atoms with van der Waals surface area (Å²) in [5.41, 5.74) is 0.967. The van der Waals surface area contributed by atoms with E-state index in [1.165, 1.54) is 11.3 Å². The smallest absolute Gasteiger partial charge is 0.264 e. The van der Waals surface area contributed by atoms with E-state index in [1.807, 2.05) is 32.2 Å². The number of aryl methyl sites for hydroxylation is 1. The van der Waals surface area contributed by atoms with Crippen molar-refractivity contribution in [2.45, 2.75) is 20.8 Å². The Bertz CT molecular complexity index is 401. The molecule has 0 spiro atoms. The van der Waals surface area contributed by atoms with Gasteiger partial charge in [0.25, 0.3) is 5.91 Å². The highest BCUT2D eigenvalue weighted by atomic mass is 32.1. The molecule has 0 radical (unpaired) electrons. The van der Waals surface area contributed by atoms with Gasteiger partial charge in [-0.1, -0.05) is 0 Å². The molecule has 0 aromatic carbocycles. The molecule has 0 aliphatic rings. The molecule has 0 aliphatic carbocycles. The highest BCUT2D eigenvalue weighted by molar-refractivity contribution is 7.12. The van der Waals surface area contributed by atoms with E-state index in [4.69, 9.17) is 0 Å². The van der Waals surface area contributed by atoms with Gasteiger partial charge in [-0.05, 0) is 37.8 Å². The van der Waals surface area contributed by atoms with E-state index in [2.05, 4.69) is 5.32 Å². The predicted octanol–water partition coefficient (Wildman–Crippen LogP) is 1.65. The minimum atomic E-state index is -0.114. The van der Waals surface area contributed by atoms with Crippen LogP contribution < -0.4 is 5.32 Å². The third-order valence-electron chi connectivity index (χ3n) is 2.43. The average molecular weight is 254 g/mol. The van der Waals surface area contributed by atoms with Crippen molar-refractivity contribution in [1.29, 1.82) is 0 Å². The van der Waals surface area contributed by atoms with Gasteiger partial charge in [0.15, 0.2) is 0 Å². The van der Waals surface area contributed by atoms with Crippen molar-refractivity contribution in [3.05, 3.63) is 21.9 Å². The van der Waals surface area contributed by atoms with E-state index in [0.717, 1.165) is 10.4 Å². The zero-order chi connectivity index (χ0) is 12.8. The normalized spacial score (nSPS) is 10.1. The van der Waals surface area contributed by atoms with Crippen LogP contribution in [0.15, 0.2) is 11.4 Å². The number of likely N-dealkylation sites (N-methyl/N-ethyl adjacent to an activating group) is 2. The molecule has 1 aromatic rings.